The number of nitrogens with zero attached hydrogens (tertiary/aromatic N) is 3. The average Bonchev–Trinajstić information content (AvgIpc) is 3.25. The fraction of sp³-hybridized carbons (Fsp3) is 0.148. The molecule has 166 valence electrons. The van der Waals surface area contributed by atoms with E-state index in [1.165, 1.54) is 11.1 Å². The summed E-state index contributed by atoms with van der Waals surface area (Å²) >= 11 is 0. The molecule has 0 aliphatic rings. The van der Waals surface area contributed by atoms with E-state index in [9.17, 15) is 4.79 Å². The number of aryl methyl sites for hydroxylation is 3. The molecule has 0 unspecified atom stereocenters. The fourth-order valence-corrected chi connectivity index (χ4v) is 3.29. The second-order valence-electron chi connectivity index (χ2n) is 7.91. The van der Waals surface area contributed by atoms with Gasteiger partial charge < -0.3 is 4.74 Å². The zero-order valence-corrected chi connectivity index (χ0v) is 18.9. The zero-order chi connectivity index (χ0) is 23.2. The van der Waals surface area contributed by atoms with E-state index in [0.717, 1.165) is 28.1 Å². The predicted octanol–water partition coefficient (Wildman–Crippen LogP) is 4.99. The molecular weight excluding hydrogens is 412 g/mol. The summed E-state index contributed by atoms with van der Waals surface area (Å²) in [5.74, 6) is 0.319. The number of nitrogens with one attached hydrogen (secondary N) is 1. The van der Waals surface area contributed by atoms with Crippen LogP contribution in [0.1, 0.15) is 22.3 Å². The van der Waals surface area contributed by atoms with Gasteiger partial charge in [0.15, 0.2) is 6.61 Å². The third kappa shape index (κ3) is 5.54. The van der Waals surface area contributed by atoms with Crippen LogP contribution in [0.3, 0.4) is 0 Å². The first-order valence-electron chi connectivity index (χ1n) is 10.7. The van der Waals surface area contributed by atoms with Crippen molar-refractivity contribution in [2.24, 2.45) is 5.10 Å². The summed E-state index contributed by atoms with van der Waals surface area (Å²) in [5.41, 5.74) is 9.48. The minimum absolute atomic E-state index is 0.117. The molecule has 1 N–H and O–H groups in total. The lowest BCUT2D eigenvalue weighted by molar-refractivity contribution is -0.123. The van der Waals surface area contributed by atoms with Gasteiger partial charge >= 0.3 is 0 Å². The minimum atomic E-state index is -0.336. The van der Waals surface area contributed by atoms with Gasteiger partial charge in [-0.2, -0.15) is 10.2 Å². The number of benzene rings is 3. The van der Waals surface area contributed by atoms with Crippen molar-refractivity contribution in [3.05, 3.63) is 101 Å². The van der Waals surface area contributed by atoms with Crippen molar-refractivity contribution in [1.29, 1.82) is 0 Å². The average molecular weight is 439 g/mol. The fourth-order valence-electron chi connectivity index (χ4n) is 3.29. The standard InChI is InChI=1S/C27H26N4O2/c1-19-9-12-22(13-10-19)27-23(17-31(30-27)24-7-5-4-6-8-24)16-28-29-26(32)18-33-25-14-11-20(2)21(3)15-25/h4-17H,18H2,1-3H3,(H,29,32)/b28-16-. The number of ether oxygens (including phenoxy) is 1. The van der Waals surface area contributed by atoms with Crippen LogP contribution in [0.25, 0.3) is 16.9 Å². The van der Waals surface area contributed by atoms with Gasteiger partial charge in [0, 0.05) is 17.3 Å². The van der Waals surface area contributed by atoms with Crippen LogP contribution in [0.4, 0.5) is 0 Å². The van der Waals surface area contributed by atoms with Gasteiger partial charge in [-0.1, -0.05) is 54.1 Å². The molecule has 4 rings (SSSR count). The van der Waals surface area contributed by atoms with E-state index in [4.69, 9.17) is 9.84 Å². The summed E-state index contributed by atoms with van der Waals surface area (Å²) in [6.07, 6.45) is 3.50. The molecule has 6 heteroatoms. The smallest absolute Gasteiger partial charge is 0.277 e. The highest BCUT2D eigenvalue weighted by molar-refractivity contribution is 5.89. The Kier molecular flexibility index (Phi) is 6.64. The lowest BCUT2D eigenvalue weighted by atomic mass is 10.1. The zero-order valence-electron chi connectivity index (χ0n) is 18.9. The van der Waals surface area contributed by atoms with E-state index in [2.05, 4.69) is 10.5 Å². The van der Waals surface area contributed by atoms with E-state index in [-0.39, 0.29) is 12.5 Å². The molecule has 0 fully saturated rings. The van der Waals surface area contributed by atoms with Crippen LogP contribution in [0.5, 0.6) is 5.75 Å². The first-order chi connectivity index (χ1) is 16.0. The van der Waals surface area contributed by atoms with Crippen LogP contribution in [-0.2, 0) is 4.79 Å². The van der Waals surface area contributed by atoms with Crippen molar-refractivity contribution in [3.63, 3.8) is 0 Å². The van der Waals surface area contributed by atoms with E-state index in [1.807, 2.05) is 99.8 Å². The Morgan fingerprint density at radius 2 is 1.76 bits per heavy atom. The Morgan fingerprint density at radius 3 is 2.48 bits per heavy atom. The molecule has 3 aromatic carbocycles. The molecular formula is C27H26N4O2. The van der Waals surface area contributed by atoms with Crippen LogP contribution < -0.4 is 10.2 Å². The number of amides is 1. The Hall–Kier alpha value is -4.19. The normalized spacial score (nSPS) is 11.0. The minimum Gasteiger partial charge on any atom is -0.484 e. The van der Waals surface area contributed by atoms with Gasteiger partial charge in [-0.25, -0.2) is 10.1 Å². The number of hydrogen-bond acceptors (Lipinski definition) is 4. The molecule has 0 saturated carbocycles. The second kappa shape index (κ2) is 9.96. The first-order valence-corrected chi connectivity index (χ1v) is 10.7. The van der Waals surface area contributed by atoms with Crippen molar-refractivity contribution in [2.75, 3.05) is 6.61 Å². The van der Waals surface area contributed by atoms with Crippen LogP contribution >= 0.6 is 0 Å². The number of hydrogen-bond donors (Lipinski definition) is 1. The molecule has 4 aromatic rings. The Bertz CT molecular complexity index is 1280. The van der Waals surface area contributed by atoms with Gasteiger partial charge in [-0.3, -0.25) is 4.79 Å². The number of carbonyl (C=O) groups excluding carboxylic acids is 1. The van der Waals surface area contributed by atoms with Crippen molar-refractivity contribution in [1.82, 2.24) is 15.2 Å². The summed E-state index contributed by atoms with van der Waals surface area (Å²) in [5, 5.41) is 8.90. The van der Waals surface area contributed by atoms with E-state index in [1.54, 1.807) is 10.9 Å². The molecule has 0 atom stereocenters. The molecule has 0 aliphatic carbocycles. The van der Waals surface area contributed by atoms with Crippen LogP contribution in [0.2, 0.25) is 0 Å². The quantitative estimate of drug-likeness (QED) is 0.326. The highest BCUT2D eigenvalue weighted by atomic mass is 16.5. The lowest BCUT2D eigenvalue weighted by Crippen LogP contribution is -2.24. The van der Waals surface area contributed by atoms with Crippen molar-refractivity contribution in [3.8, 4) is 22.7 Å². The Balaban J connectivity index is 1.48. The van der Waals surface area contributed by atoms with Gasteiger partial charge in [0.1, 0.15) is 11.4 Å². The van der Waals surface area contributed by atoms with Gasteiger partial charge in [0.2, 0.25) is 0 Å². The highest BCUT2D eigenvalue weighted by Crippen LogP contribution is 2.23. The molecule has 1 aromatic heterocycles. The number of hydrazone groups is 1. The summed E-state index contributed by atoms with van der Waals surface area (Å²) in [4.78, 5) is 12.2. The lowest BCUT2D eigenvalue weighted by Gasteiger charge is -2.07. The Labute approximate surface area is 193 Å². The van der Waals surface area contributed by atoms with E-state index >= 15 is 0 Å². The summed E-state index contributed by atoms with van der Waals surface area (Å²) in [6.45, 7) is 5.97. The highest BCUT2D eigenvalue weighted by Gasteiger charge is 2.11. The van der Waals surface area contributed by atoms with Crippen molar-refractivity contribution >= 4 is 12.1 Å². The maximum absolute atomic E-state index is 12.2. The molecule has 0 bridgehead atoms. The monoisotopic (exact) mass is 438 g/mol. The SMILES string of the molecule is Cc1ccc(-c2nn(-c3ccccc3)cc2/C=N\NC(=O)COc2ccc(C)c(C)c2)cc1. The van der Waals surface area contributed by atoms with Crippen LogP contribution in [0, 0.1) is 20.8 Å². The summed E-state index contributed by atoms with van der Waals surface area (Å²) in [7, 11) is 0. The van der Waals surface area contributed by atoms with E-state index < -0.39 is 0 Å². The van der Waals surface area contributed by atoms with Gasteiger partial charge in [-0.05, 0) is 56.2 Å². The number of para-hydroxylation sites is 1. The van der Waals surface area contributed by atoms with Crippen molar-refractivity contribution in [2.45, 2.75) is 20.8 Å². The van der Waals surface area contributed by atoms with Crippen molar-refractivity contribution < 1.29 is 9.53 Å². The van der Waals surface area contributed by atoms with Gasteiger partial charge in [0.25, 0.3) is 5.91 Å². The third-order valence-electron chi connectivity index (χ3n) is 5.33. The first kappa shape index (κ1) is 22.0. The molecule has 1 amide bonds. The largest absolute Gasteiger partial charge is 0.484 e. The maximum atomic E-state index is 12.2. The molecule has 0 radical (unpaired) electrons. The molecule has 0 aliphatic heterocycles. The molecule has 0 spiro atoms. The second-order valence-corrected chi connectivity index (χ2v) is 7.91. The van der Waals surface area contributed by atoms with Crippen LogP contribution in [-0.4, -0.2) is 28.5 Å². The summed E-state index contributed by atoms with van der Waals surface area (Å²) in [6, 6.07) is 23.7. The van der Waals surface area contributed by atoms with Crippen LogP contribution in [0.15, 0.2) is 84.1 Å². The number of aromatic nitrogens is 2. The topological polar surface area (TPSA) is 68.5 Å². The third-order valence-corrected chi connectivity index (χ3v) is 5.33. The predicted molar refractivity (Wildman–Crippen MR) is 131 cm³/mol. The number of carbonyl (C=O) groups is 1. The molecule has 0 saturated heterocycles. The molecule has 33 heavy (non-hydrogen) atoms. The molecule has 6 nitrogen and oxygen atoms in total. The number of rotatable bonds is 7. The Morgan fingerprint density at radius 1 is 1.00 bits per heavy atom. The van der Waals surface area contributed by atoms with Gasteiger partial charge in [0.05, 0.1) is 11.9 Å². The maximum Gasteiger partial charge on any atom is 0.277 e. The van der Waals surface area contributed by atoms with E-state index in [0.29, 0.717) is 5.75 Å². The summed E-state index contributed by atoms with van der Waals surface area (Å²) < 4.78 is 7.38. The van der Waals surface area contributed by atoms with Gasteiger partial charge in [-0.15, -0.1) is 0 Å². The molecule has 1 heterocycles.